The summed E-state index contributed by atoms with van der Waals surface area (Å²) in [7, 11) is 0. The summed E-state index contributed by atoms with van der Waals surface area (Å²) in [5, 5.41) is 10.6. The van der Waals surface area contributed by atoms with Crippen molar-refractivity contribution < 1.29 is 9.72 Å². The lowest BCUT2D eigenvalue weighted by Crippen LogP contribution is -2.25. The summed E-state index contributed by atoms with van der Waals surface area (Å²) in [6.07, 6.45) is 0.316. The highest BCUT2D eigenvalue weighted by Crippen LogP contribution is 2.32. The number of carbonyl (C=O) groups is 1. The van der Waals surface area contributed by atoms with Gasteiger partial charge in [-0.2, -0.15) is 0 Å². The zero-order valence-electron chi connectivity index (χ0n) is 10.1. The van der Waals surface area contributed by atoms with Gasteiger partial charge in [-0.3, -0.25) is 14.9 Å². The Bertz CT molecular complexity index is 530. The number of halogens is 1. The molecule has 18 heavy (non-hydrogen) atoms. The van der Waals surface area contributed by atoms with Crippen LogP contribution in [0.5, 0.6) is 0 Å². The molecule has 2 rings (SSSR count). The molecule has 1 aromatic carbocycles. The Morgan fingerprint density at radius 1 is 1.39 bits per heavy atom. The number of alkyl halides is 1. The molecule has 5 nitrogen and oxygen atoms in total. The molecule has 1 unspecified atom stereocenters. The molecule has 6 heteroatoms. The van der Waals surface area contributed by atoms with Gasteiger partial charge in [0.25, 0.3) is 5.69 Å². The molecule has 1 aromatic rings. The first kappa shape index (κ1) is 12.8. The van der Waals surface area contributed by atoms with Gasteiger partial charge in [0.15, 0.2) is 0 Å². The van der Waals surface area contributed by atoms with Gasteiger partial charge >= 0.3 is 0 Å². The van der Waals surface area contributed by atoms with E-state index in [1.807, 2.05) is 0 Å². The maximum atomic E-state index is 11.8. The van der Waals surface area contributed by atoms with E-state index in [2.05, 4.69) is 0 Å². The third-order valence-corrected chi connectivity index (χ3v) is 3.37. The maximum absolute atomic E-state index is 11.8. The summed E-state index contributed by atoms with van der Waals surface area (Å²) in [4.78, 5) is 23.8. The Morgan fingerprint density at radius 3 is 2.56 bits per heavy atom. The number of amides is 1. The molecule has 0 saturated carbocycles. The molecule has 0 aliphatic carbocycles. The third-order valence-electron chi connectivity index (χ3n) is 3.08. The summed E-state index contributed by atoms with van der Waals surface area (Å²) >= 11 is 5.95. The molecular formula is C12H13ClN2O3. The monoisotopic (exact) mass is 268 g/mol. The van der Waals surface area contributed by atoms with Gasteiger partial charge in [-0.05, 0) is 25.5 Å². The van der Waals surface area contributed by atoms with E-state index >= 15 is 0 Å². The molecule has 1 fully saturated rings. The van der Waals surface area contributed by atoms with E-state index in [0.717, 1.165) is 0 Å². The molecule has 0 radical (unpaired) electrons. The normalized spacial score (nSPS) is 19.4. The van der Waals surface area contributed by atoms with Crippen LogP contribution in [0.15, 0.2) is 12.1 Å². The number of hydrogen-bond donors (Lipinski definition) is 0. The average Bonchev–Trinajstić information content (AvgIpc) is 2.60. The van der Waals surface area contributed by atoms with Gasteiger partial charge in [0, 0.05) is 30.3 Å². The summed E-state index contributed by atoms with van der Waals surface area (Å²) in [6, 6.07) is 3.18. The number of anilines is 1. The van der Waals surface area contributed by atoms with E-state index in [9.17, 15) is 14.9 Å². The highest BCUT2D eigenvalue weighted by molar-refractivity contribution is 6.24. The fourth-order valence-electron chi connectivity index (χ4n) is 2.17. The summed E-state index contributed by atoms with van der Waals surface area (Å²) in [5.41, 5.74) is 2.05. The third kappa shape index (κ3) is 2.18. The largest absolute Gasteiger partial charge is 0.311 e. The van der Waals surface area contributed by atoms with E-state index in [1.165, 1.54) is 6.07 Å². The van der Waals surface area contributed by atoms with Crippen LogP contribution < -0.4 is 4.90 Å². The van der Waals surface area contributed by atoms with Crippen molar-refractivity contribution in [3.63, 3.8) is 0 Å². The first-order valence-electron chi connectivity index (χ1n) is 5.60. The van der Waals surface area contributed by atoms with E-state index in [0.29, 0.717) is 29.8 Å². The number of rotatable bonds is 2. The van der Waals surface area contributed by atoms with Crippen LogP contribution >= 0.6 is 11.6 Å². The number of nitrogens with zero attached hydrogens (tertiary/aromatic N) is 2. The number of carbonyl (C=O) groups excluding carboxylic acids is 1. The van der Waals surface area contributed by atoms with Gasteiger partial charge in [0.1, 0.15) is 0 Å². The number of hydrogen-bond acceptors (Lipinski definition) is 3. The molecular weight excluding hydrogens is 256 g/mol. The highest BCUT2D eigenvalue weighted by Gasteiger charge is 2.30. The predicted octanol–water partition coefficient (Wildman–Crippen LogP) is 2.56. The molecule has 1 amide bonds. The Kier molecular flexibility index (Phi) is 3.26. The van der Waals surface area contributed by atoms with Crippen molar-refractivity contribution in [1.29, 1.82) is 0 Å². The first-order chi connectivity index (χ1) is 8.40. The number of nitro benzene ring substituents is 1. The minimum atomic E-state index is -0.414. The number of aryl methyl sites for hydroxylation is 2. The van der Waals surface area contributed by atoms with Gasteiger partial charge in [0.2, 0.25) is 5.91 Å². The molecule has 96 valence electrons. The second kappa shape index (κ2) is 4.57. The van der Waals surface area contributed by atoms with Gasteiger partial charge in [-0.1, -0.05) is 0 Å². The molecule has 1 atom stereocenters. The Labute approximate surface area is 109 Å². The van der Waals surface area contributed by atoms with Crippen molar-refractivity contribution in [2.24, 2.45) is 0 Å². The van der Waals surface area contributed by atoms with Crippen LogP contribution in [0.4, 0.5) is 11.4 Å². The maximum Gasteiger partial charge on any atom is 0.272 e. The van der Waals surface area contributed by atoms with E-state index in [4.69, 9.17) is 11.6 Å². The molecule has 1 aliphatic heterocycles. The summed E-state index contributed by atoms with van der Waals surface area (Å²) in [6.45, 7) is 3.88. The quantitative estimate of drug-likeness (QED) is 0.470. The smallest absolute Gasteiger partial charge is 0.272 e. The van der Waals surface area contributed by atoms with Crippen molar-refractivity contribution in [3.8, 4) is 0 Å². The number of benzene rings is 1. The van der Waals surface area contributed by atoms with Crippen LogP contribution in [0.25, 0.3) is 0 Å². The van der Waals surface area contributed by atoms with Gasteiger partial charge in [-0.15, -0.1) is 11.6 Å². The lowest BCUT2D eigenvalue weighted by molar-refractivity contribution is -0.385. The van der Waals surface area contributed by atoms with Crippen LogP contribution in [0.2, 0.25) is 0 Å². The van der Waals surface area contributed by atoms with Gasteiger partial charge in [-0.25, -0.2) is 0 Å². The number of nitro groups is 1. The summed E-state index contributed by atoms with van der Waals surface area (Å²) < 4.78 is 0. The zero-order valence-corrected chi connectivity index (χ0v) is 10.9. The average molecular weight is 269 g/mol. The summed E-state index contributed by atoms with van der Waals surface area (Å²) in [5.74, 6) is -0.0358. The van der Waals surface area contributed by atoms with Crippen LogP contribution in [-0.4, -0.2) is 22.8 Å². The van der Waals surface area contributed by atoms with Crippen molar-refractivity contribution in [2.45, 2.75) is 25.6 Å². The molecule has 1 heterocycles. The first-order valence-corrected chi connectivity index (χ1v) is 6.04. The standard InChI is InChI=1S/C12H13ClN2O3/c1-7-4-11(15(17)18)8(2)3-10(7)14-6-9(13)5-12(14)16/h3-4,9H,5-6H2,1-2H3. The van der Waals surface area contributed by atoms with Crippen molar-refractivity contribution >= 4 is 28.9 Å². The highest BCUT2D eigenvalue weighted by atomic mass is 35.5. The van der Waals surface area contributed by atoms with Crippen LogP contribution in [0, 0.1) is 24.0 Å². The van der Waals surface area contributed by atoms with E-state index < -0.39 is 4.92 Å². The van der Waals surface area contributed by atoms with Crippen molar-refractivity contribution in [2.75, 3.05) is 11.4 Å². The van der Waals surface area contributed by atoms with Gasteiger partial charge < -0.3 is 4.90 Å². The Hall–Kier alpha value is -1.62. The topological polar surface area (TPSA) is 63.5 Å². The molecule has 0 spiro atoms. The Balaban J connectivity index is 2.44. The molecule has 0 aromatic heterocycles. The minimum Gasteiger partial charge on any atom is -0.311 e. The fourth-order valence-corrected chi connectivity index (χ4v) is 2.44. The zero-order chi connectivity index (χ0) is 13.4. The van der Waals surface area contributed by atoms with Gasteiger partial charge in [0.05, 0.1) is 10.3 Å². The molecule has 1 saturated heterocycles. The second-order valence-corrected chi connectivity index (χ2v) is 5.11. The predicted molar refractivity (Wildman–Crippen MR) is 69.2 cm³/mol. The lowest BCUT2D eigenvalue weighted by Gasteiger charge is -2.19. The molecule has 1 aliphatic rings. The SMILES string of the molecule is Cc1cc([N+](=O)[O-])c(C)cc1N1CC(Cl)CC1=O. The lowest BCUT2D eigenvalue weighted by atomic mass is 10.1. The Morgan fingerprint density at radius 2 is 2.06 bits per heavy atom. The van der Waals surface area contributed by atoms with E-state index in [1.54, 1.807) is 24.8 Å². The van der Waals surface area contributed by atoms with Crippen LogP contribution in [0.3, 0.4) is 0 Å². The van der Waals surface area contributed by atoms with Crippen molar-refractivity contribution in [3.05, 3.63) is 33.4 Å². The van der Waals surface area contributed by atoms with Crippen molar-refractivity contribution in [1.82, 2.24) is 0 Å². The molecule has 0 N–H and O–H groups in total. The minimum absolute atomic E-state index is 0.0358. The van der Waals surface area contributed by atoms with E-state index in [-0.39, 0.29) is 17.0 Å². The molecule has 0 bridgehead atoms. The van der Waals surface area contributed by atoms with Crippen LogP contribution in [0.1, 0.15) is 17.5 Å². The second-order valence-electron chi connectivity index (χ2n) is 4.49. The van der Waals surface area contributed by atoms with Crippen LogP contribution in [-0.2, 0) is 4.79 Å². The fraction of sp³-hybridized carbons (Fsp3) is 0.417.